The first-order valence-electron chi connectivity index (χ1n) is 7.23. The van der Waals surface area contributed by atoms with Gasteiger partial charge in [-0.05, 0) is 17.5 Å². The van der Waals surface area contributed by atoms with E-state index in [2.05, 4.69) is 10.2 Å². The fourth-order valence-electron chi connectivity index (χ4n) is 2.89. The van der Waals surface area contributed by atoms with E-state index in [4.69, 9.17) is 11.6 Å². The number of thiophene rings is 1. The van der Waals surface area contributed by atoms with Crippen LogP contribution in [0.4, 0.5) is 5.69 Å². The zero-order valence-electron chi connectivity index (χ0n) is 12.2. The number of phenols is 1. The Morgan fingerprint density at radius 1 is 1.35 bits per heavy atom. The molecule has 0 amide bonds. The normalized spacial score (nSPS) is 17.1. The summed E-state index contributed by atoms with van der Waals surface area (Å²) in [6.07, 6.45) is 0. The predicted octanol–water partition coefficient (Wildman–Crippen LogP) is 3.01. The summed E-state index contributed by atoms with van der Waals surface area (Å²) in [6, 6.07) is 6.18. The molecule has 8 heteroatoms. The first-order chi connectivity index (χ1) is 11.1. The summed E-state index contributed by atoms with van der Waals surface area (Å²) in [7, 11) is 0. The molecule has 6 nitrogen and oxygen atoms in total. The first-order valence-corrected chi connectivity index (χ1v) is 8.49. The van der Waals surface area contributed by atoms with E-state index in [-0.39, 0.29) is 28.1 Å². The van der Waals surface area contributed by atoms with E-state index in [1.807, 2.05) is 17.5 Å². The van der Waals surface area contributed by atoms with Gasteiger partial charge in [0, 0.05) is 37.1 Å². The quantitative estimate of drug-likeness (QED) is 0.652. The minimum atomic E-state index is -0.464. The molecule has 0 saturated carbocycles. The number of benzene rings is 1. The van der Waals surface area contributed by atoms with Crippen LogP contribution in [0.15, 0.2) is 29.6 Å². The van der Waals surface area contributed by atoms with Crippen LogP contribution in [0.3, 0.4) is 0 Å². The van der Waals surface area contributed by atoms with E-state index in [0.717, 1.165) is 31.1 Å². The summed E-state index contributed by atoms with van der Waals surface area (Å²) in [5.41, 5.74) is 0.163. The van der Waals surface area contributed by atoms with Crippen LogP contribution >= 0.6 is 22.9 Å². The van der Waals surface area contributed by atoms with E-state index in [9.17, 15) is 15.2 Å². The van der Waals surface area contributed by atoms with E-state index in [0.29, 0.717) is 0 Å². The first kappa shape index (κ1) is 16.2. The third-order valence-corrected chi connectivity index (χ3v) is 5.17. The zero-order chi connectivity index (χ0) is 16.4. The zero-order valence-corrected chi connectivity index (χ0v) is 13.8. The molecule has 0 aliphatic carbocycles. The van der Waals surface area contributed by atoms with Crippen molar-refractivity contribution in [3.63, 3.8) is 0 Å². The second kappa shape index (κ2) is 6.84. The number of hydrogen-bond acceptors (Lipinski definition) is 6. The van der Waals surface area contributed by atoms with E-state index < -0.39 is 4.92 Å². The van der Waals surface area contributed by atoms with Crippen LogP contribution in [0.2, 0.25) is 5.02 Å². The fraction of sp³-hybridized carbons (Fsp3) is 0.333. The maximum Gasteiger partial charge on any atom is 0.278 e. The van der Waals surface area contributed by atoms with Crippen molar-refractivity contribution >= 4 is 28.6 Å². The second-order valence-corrected chi connectivity index (χ2v) is 6.68. The lowest BCUT2D eigenvalue weighted by atomic mass is 9.99. The molecule has 1 fully saturated rings. The number of nitro groups is 1. The van der Waals surface area contributed by atoms with Crippen LogP contribution in [0, 0.1) is 10.1 Å². The molecule has 1 saturated heterocycles. The largest absolute Gasteiger partial charge is 0.506 e. The molecule has 3 rings (SSSR count). The van der Waals surface area contributed by atoms with Gasteiger partial charge < -0.3 is 10.4 Å². The van der Waals surface area contributed by atoms with Crippen LogP contribution in [-0.2, 0) is 0 Å². The van der Waals surface area contributed by atoms with Gasteiger partial charge >= 0.3 is 0 Å². The summed E-state index contributed by atoms with van der Waals surface area (Å²) in [5, 5.41) is 27.2. The molecule has 2 N–H and O–H groups in total. The van der Waals surface area contributed by atoms with E-state index in [1.54, 1.807) is 0 Å². The molecular weight excluding hydrogens is 338 g/mol. The highest BCUT2D eigenvalue weighted by Gasteiger charge is 2.34. The Balaban J connectivity index is 2.17. The lowest BCUT2D eigenvalue weighted by molar-refractivity contribution is -0.386. The molecule has 1 aliphatic rings. The van der Waals surface area contributed by atoms with Gasteiger partial charge in [0.05, 0.1) is 21.6 Å². The Morgan fingerprint density at radius 3 is 2.70 bits per heavy atom. The van der Waals surface area contributed by atoms with E-state index in [1.165, 1.54) is 23.5 Å². The highest BCUT2D eigenvalue weighted by molar-refractivity contribution is 7.10. The molecule has 0 radical (unpaired) electrons. The molecule has 1 aromatic heterocycles. The van der Waals surface area contributed by atoms with Gasteiger partial charge in [-0.1, -0.05) is 17.7 Å². The number of aromatic hydroxyl groups is 1. The second-order valence-electron chi connectivity index (χ2n) is 5.29. The van der Waals surface area contributed by atoms with Crippen molar-refractivity contribution in [1.82, 2.24) is 10.2 Å². The fourth-order valence-corrected chi connectivity index (χ4v) is 3.92. The maximum atomic E-state index is 11.5. The number of nitrogens with zero attached hydrogens (tertiary/aromatic N) is 2. The summed E-state index contributed by atoms with van der Waals surface area (Å²) in [5.74, 6) is -0.210. The average molecular weight is 354 g/mol. The molecule has 1 aliphatic heterocycles. The Morgan fingerprint density at radius 2 is 2.09 bits per heavy atom. The lowest BCUT2D eigenvalue weighted by Gasteiger charge is -2.34. The highest BCUT2D eigenvalue weighted by atomic mass is 35.5. The Hall–Kier alpha value is -1.67. The van der Waals surface area contributed by atoms with Crippen molar-refractivity contribution in [2.45, 2.75) is 6.04 Å². The molecule has 1 aromatic carbocycles. The van der Waals surface area contributed by atoms with Gasteiger partial charge in [-0.25, -0.2) is 0 Å². The van der Waals surface area contributed by atoms with Crippen molar-refractivity contribution in [3.8, 4) is 5.75 Å². The van der Waals surface area contributed by atoms with Gasteiger partial charge in [0.15, 0.2) is 0 Å². The van der Waals surface area contributed by atoms with Crippen molar-refractivity contribution in [3.05, 3.63) is 55.2 Å². The third kappa shape index (κ3) is 3.18. The maximum absolute atomic E-state index is 11.5. The van der Waals surface area contributed by atoms with E-state index >= 15 is 0 Å². The van der Waals surface area contributed by atoms with Gasteiger partial charge in [-0.15, -0.1) is 11.3 Å². The van der Waals surface area contributed by atoms with Crippen molar-refractivity contribution in [2.24, 2.45) is 0 Å². The van der Waals surface area contributed by atoms with Gasteiger partial charge in [-0.3, -0.25) is 15.0 Å². The summed E-state index contributed by atoms with van der Waals surface area (Å²) >= 11 is 7.55. The minimum Gasteiger partial charge on any atom is -0.506 e. The number of rotatable bonds is 4. The molecule has 23 heavy (non-hydrogen) atoms. The Labute approximate surface area is 142 Å². The molecular formula is C15H16ClN3O3S. The molecule has 2 heterocycles. The van der Waals surface area contributed by atoms with Crippen molar-refractivity contribution < 1.29 is 10.0 Å². The lowest BCUT2D eigenvalue weighted by Crippen LogP contribution is -2.45. The van der Waals surface area contributed by atoms with Crippen LogP contribution in [-0.4, -0.2) is 41.1 Å². The number of hydrogen-bond donors (Lipinski definition) is 2. The molecule has 2 aromatic rings. The smallest absolute Gasteiger partial charge is 0.278 e. The van der Waals surface area contributed by atoms with Crippen LogP contribution in [0.1, 0.15) is 16.5 Å². The highest BCUT2D eigenvalue weighted by Crippen LogP contribution is 2.44. The van der Waals surface area contributed by atoms with Crippen molar-refractivity contribution in [2.75, 3.05) is 26.2 Å². The molecule has 0 spiro atoms. The predicted molar refractivity (Wildman–Crippen MR) is 90.4 cm³/mol. The molecule has 0 unspecified atom stereocenters. The average Bonchev–Trinajstić information content (AvgIpc) is 3.07. The van der Waals surface area contributed by atoms with Gasteiger partial charge in [0.25, 0.3) is 5.69 Å². The van der Waals surface area contributed by atoms with Gasteiger partial charge in [0.1, 0.15) is 5.75 Å². The number of piperazine rings is 1. The molecule has 1 atom stereocenters. The number of nitrogens with one attached hydrogen (secondary N) is 1. The SMILES string of the molecule is O=[N+]([O-])c1ccc(Cl)c(O)c1[C@H](c1cccs1)N1CCNCC1. The monoisotopic (exact) mass is 353 g/mol. The van der Waals surface area contributed by atoms with Crippen molar-refractivity contribution in [1.29, 1.82) is 0 Å². The third-order valence-electron chi connectivity index (χ3n) is 3.94. The van der Waals surface area contributed by atoms with Gasteiger partial charge in [-0.2, -0.15) is 0 Å². The number of nitro benzene ring substituents is 1. The standard InChI is InChI=1S/C15H16ClN3O3S/c16-10-3-4-11(19(21)22)13(15(10)20)14(12-2-1-9-23-12)18-7-5-17-6-8-18/h1-4,9,14,17,20H,5-8H2/t14-/m0/s1. The summed E-state index contributed by atoms with van der Waals surface area (Å²) < 4.78 is 0. The molecule has 122 valence electrons. The van der Waals surface area contributed by atoms with Crippen LogP contribution in [0.25, 0.3) is 0 Å². The number of halogens is 1. The Bertz CT molecular complexity index is 702. The number of phenolic OH excluding ortho intramolecular Hbond substituents is 1. The van der Waals surface area contributed by atoms with Crippen LogP contribution < -0.4 is 5.32 Å². The summed E-state index contributed by atoms with van der Waals surface area (Å²) in [4.78, 5) is 14.1. The van der Waals surface area contributed by atoms with Crippen LogP contribution in [0.5, 0.6) is 5.75 Å². The molecule has 0 bridgehead atoms. The van der Waals surface area contributed by atoms with Gasteiger partial charge in [0.2, 0.25) is 0 Å². The minimum absolute atomic E-state index is 0.108. The Kier molecular flexibility index (Phi) is 4.82. The topological polar surface area (TPSA) is 78.6 Å². The summed E-state index contributed by atoms with van der Waals surface area (Å²) in [6.45, 7) is 3.09.